The number of hydrogen-bond donors (Lipinski definition) is 0. The van der Waals surface area contributed by atoms with Gasteiger partial charge < -0.3 is 14.3 Å². The van der Waals surface area contributed by atoms with Crippen LogP contribution in [0, 0.1) is 26.7 Å². The van der Waals surface area contributed by atoms with Crippen LogP contribution in [0.4, 0.5) is 5.69 Å². The van der Waals surface area contributed by atoms with Gasteiger partial charge >= 0.3 is 0 Å². The first-order valence-electron chi connectivity index (χ1n) is 12.7. The Bertz CT molecular complexity index is 1160. The SMILES string of the molecule is Cc1ccc(-c2noc(CN3CCCC(C(=O)N4CCN(c5cccc(C)c5C)CC4)C3)n2)cc1. The number of carbonyl (C=O) groups excluding carboxylic acids is 1. The van der Waals surface area contributed by atoms with Crippen molar-refractivity contribution in [3.63, 3.8) is 0 Å². The lowest BCUT2D eigenvalue weighted by Crippen LogP contribution is -2.52. The molecule has 1 amide bonds. The summed E-state index contributed by atoms with van der Waals surface area (Å²) >= 11 is 0. The van der Waals surface area contributed by atoms with E-state index in [-0.39, 0.29) is 5.92 Å². The van der Waals surface area contributed by atoms with E-state index in [0.717, 1.165) is 57.7 Å². The summed E-state index contributed by atoms with van der Waals surface area (Å²) in [6, 6.07) is 14.6. The minimum atomic E-state index is 0.0375. The molecular weight excluding hydrogens is 438 g/mol. The van der Waals surface area contributed by atoms with E-state index in [2.05, 4.69) is 63.8 Å². The molecule has 0 spiro atoms. The number of benzene rings is 2. The topological polar surface area (TPSA) is 65.7 Å². The zero-order valence-electron chi connectivity index (χ0n) is 21.0. The molecule has 2 aliphatic heterocycles. The number of aromatic nitrogens is 2. The summed E-state index contributed by atoms with van der Waals surface area (Å²) in [5.74, 6) is 1.55. The molecule has 2 fully saturated rings. The van der Waals surface area contributed by atoms with Gasteiger partial charge in [0.15, 0.2) is 0 Å². The fraction of sp³-hybridized carbons (Fsp3) is 0.464. The number of piperazine rings is 1. The summed E-state index contributed by atoms with van der Waals surface area (Å²) in [6.45, 7) is 12.0. The van der Waals surface area contributed by atoms with Gasteiger partial charge in [-0.05, 0) is 57.4 Å². The molecule has 35 heavy (non-hydrogen) atoms. The number of hydrogen-bond acceptors (Lipinski definition) is 6. The average molecular weight is 474 g/mol. The lowest BCUT2D eigenvalue weighted by Gasteiger charge is -2.40. The first kappa shape index (κ1) is 23.5. The number of carbonyl (C=O) groups is 1. The molecule has 2 aliphatic rings. The summed E-state index contributed by atoms with van der Waals surface area (Å²) in [4.78, 5) is 24.7. The van der Waals surface area contributed by atoms with Crippen molar-refractivity contribution >= 4 is 11.6 Å². The highest BCUT2D eigenvalue weighted by Crippen LogP contribution is 2.26. The van der Waals surface area contributed by atoms with Gasteiger partial charge in [-0.3, -0.25) is 9.69 Å². The molecule has 2 aromatic carbocycles. The normalized spacial score (nSPS) is 19.2. The van der Waals surface area contributed by atoms with E-state index in [0.29, 0.717) is 24.2 Å². The van der Waals surface area contributed by atoms with E-state index >= 15 is 0 Å². The molecule has 3 aromatic rings. The van der Waals surface area contributed by atoms with Crippen LogP contribution in [-0.2, 0) is 11.3 Å². The number of nitrogens with zero attached hydrogens (tertiary/aromatic N) is 5. The smallest absolute Gasteiger partial charge is 0.241 e. The first-order valence-corrected chi connectivity index (χ1v) is 12.7. The predicted molar refractivity (Wildman–Crippen MR) is 137 cm³/mol. The fourth-order valence-corrected chi connectivity index (χ4v) is 5.24. The minimum absolute atomic E-state index is 0.0375. The first-order chi connectivity index (χ1) is 17.0. The Morgan fingerprint density at radius 3 is 2.54 bits per heavy atom. The lowest BCUT2D eigenvalue weighted by atomic mass is 9.96. The zero-order chi connectivity index (χ0) is 24.4. The fourth-order valence-electron chi connectivity index (χ4n) is 5.24. The summed E-state index contributed by atoms with van der Waals surface area (Å²) in [6.07, 6.45) is 1.96. The summed E-state index contributed by atoms with van der Waals surface area (Å²) in [7, 11) is 0. The average Bonchev–Trinajstić information content (AvgIpc) is 3.34. The van der Waals surface area contributed by atoms with Crippen LogP contribution in [0.1, 0.15) is 35.4 Å². The van der Waals surface area contributed by atoms with Gasteiger partial charge in [-0.15, -0.1) is 0 Å². The van der Waals surface area contributed by atoms with Gasteiger partial charge in [0, 0.05) is 44.0 Å². The Hall–Kier alpha value is -3.19. The van der Waals surface area contributed by atoms with Crippen molar-refractivity contribution in [2.45, 2.75) is 40.2 Å². The highest BCUT2D eigenvalue weighted by molar-refractivity contribution is 5.79. The monoisotopic (exact) mass is 473 g/mol. The number of piperidine rings is 1. The minimum Gasteiger partial charge on any atom is -0.368 e. The zero-order valence-corrected chi connectivity index (χ0v) is 21.0. The van der Waals surface area contributed by atoms with Crippen LogP contribution in [0.25, 0.3) is 11.4 Å². The van der Waals surface area contributed by atoms with E-state index in [9.17, 15) is 4.79 Å². The van der Waals surface area contributed by atoms with Crippen molar-refractivity contribution in [2.24, 2.45) is 5.92 Å². The van der Waals surface area contributed by atoms with Crippen molar-refractivity contribution in [2.75, 3.05) is 44.2 Å². The third kappa shape index (κ3) is 5.25. The van der Waals surface area contributed by atoms with Crippen LogP contribution in [0.15, 0.2) is 47.0 Å². The van der Waals surface area contributed by atoms with E-state index < -0.39 is 0 Å². The summed E-state index contributed by atoms with van der Waals surface area (Å²) in [5, 5.41) is 4.16. The van der Waals surface area contributed by atoms with Crippen molar-refractivity contribution in [1.29, 1.82) is 0 Å². The third-order valence-corrected chi connectivity index (χ3v) is 7.50. The van der Waals surface area contributed by atoms with Crippen molar-refractivity contribution in [3.05, 3.63) is 65.0 Å². The molecule has 184 valence electrons. The molecule has 7 heteroatoms. The number of aryl methyl sites for hydroxylation is 2. The number of anilines is 1. The molecule has 1 atom stereocenters. The molecule has 3 heterocycles. The second-order valence-electron chi connectivity index (χ2n) is 9.98. The molecule has 7 nitrogen and oxygen atoms in total. The molecule has 0 N–H and O–H groups in total. The van der Waals surface area contributed by atoms with Crippen LogP contribution >= 0.6 is 0 Å². The van der Waals surface area contributed by atoms with Crippen LogP contribution in [0.2, 0.25) is 0 Å². The molecule has 2 saturated heterocycles. The maximum Gasteiger partial charge on any atom is 0.241 e. The molecular formula is C28H35N5O2. The highest BCUT2D eigenvalue weighted by Gasteiger charge is 2.32. The molecule has 0 radical (unpaired) electrons. The van der Waals surface area contributed by atoms with Gasteiger partial charge in [-0.2, -0.15) is 4.98 Å². The van der Waals surface area contributed by atoms with Gasteiger partial charge in [0.1, 0.15) is 0 Å². The molecule has 1 unspecified atom stereocenters. The quantitative estimate of drug-likeness (QED) is 0.553. The molecule has 1 aromatic heterocycles. The Morgan fingerprint density at radius 2 is 1.77 bits per heavy atom. The van der Waals surface area contributed by atoms with Crippen molar-refractivity contribution < 1.29 is 9.32 Å². The Labute approximate surface area is 207 Å². The molecule has 0 saturated carbocycles. The lowest BCUT2D eigenvalue weighted by molar-refractivity contribution is -0.137. The third-order valence-electron chi connectivity index (χ3n) is 7.50. The standard InChI is InChI=1S/C28H35N5O2/c1-20-9-11-23(12-10-20)27-29-26(35-30-27)19-31-13-5-7-24(18-31)28(34)33-16-14-32(15-17-33)25-8-4-6-21(2)22(25)3/h4,6,8-12,24H,5,7,13-19H2,1-3H3. The largest absolute Gasteiger partial charge is 0.368 e. The van der Waals surface area contributed by atoms with Gasteiger partial charge in [0.2, 0.25) is 17.6 Å². The van der Waals surface area contributed by atoms with Crippen LogP contribution in [0.3, 0.4) is 0 Å². The number of likely N-dealkylation sites (tertiary alicyclic amines) is 1. The Morgan fingerprint density at radius 1 is 1.00 bits per heavy atom. The number of rotatable bonds is 5. The van der Waals surface area contributed by atoms with E-state index in [4.69, 9.17) is 4.52 Å². The second kappa shape index (κ2) is 10.2. The Balaban J connectivity index is 1.16. The van der Waals surface area contributed by atoms with Crippen LogP contribution in [0.5, 0.6) is 0 Å². The Kier molecular flexibility index (Phi) is 6.86. The molecule has 0 aliphatic carbocycles. The van der Waals surface area contributed by atoms with Gasteiger partial charge in [0.05, 0.1) is 12.5 Å². The molecule has 5 rings (SSSR count). The summed E-state index contributed by atoms with van der Waals surface area (Å²) in [5.41, 5.74) is 6.10. The predicted octanol–water partition coefficient (Wildman–Crippen LogP) is 4.22. The van der Waals surface area contributed by atoms with Gasteiger partial charge in [0.25, 0.3) is 0 Å². The maximum atomic E-state index is 13.4. The van der Waals surface area contributed by atoms with Gasteiger partial charge in [-0.25, -0.2) is 0 Å². The van der Waals surface area contributed by atoms with Crippen molar-refractivity contribution in [1.82, 2.24) is 19.9 Å². The van der Waals surface area contributed by atoms with Crippen LogP contribution in [-0.4, -0.2) is 65.1 Å². The van der Waals surface area contributed by atoms with E-state index in [1.165, 1.54) is 22.4 Å². The van der Waals surface area contributed by atoms with Crippen molar-refractivity contribution in [3.8, 4) is 11.4 Å². The summed E-state index contributed by atoms with van der Waals surface area (Å²) < 4.78 is 5.53. The second-order valence-corrected chi connectivity index (χ2v) is 9.98. The molecule has 0 bridgehead atoms. The van der Waals surface area contributed by atoms with E-state index in [1.54, 1.807) is 0 Å². The number of amides is 1. The highest BCUT2D eigenvalue weighted by atomic mass is 16.5. The van der Waals surface area contributed by atoms with E-state index in [1.807, 2.05) is 24.3 Å². The van der Waals surface area contributed by atoms with Gasteiger partial charge in [-0.1, -0.05) is 47.1 Å². The maximum absolute atomic E-state index is 13.4. The van der Waals surface area contributed by atoms with Crippen LogP contribution < -0.4 is 4.90 Å².